The minimum Gasteiger partial charge on any atom is -0.325 e. The van der Waals surface area contributed by atoms with Gasteiger partial charge in [-0.15, -0.1) is 23.1 Å². The number of hydrogen-bond donors (Lipinski definition) is 1. The van der Waals surface area contributed by atoms with E-state index in [2.05, 4.69) is 19.2 Å². The Morgan fingerprint density at radius 1 is 1.09 bits per heavy atom. The summed E-state index contributed by atoms with van der Waals surface area (Å²) in [6.45, 7) is 8.49. The molecule has 0 bridgehead atoms. The number of rotatable bonds is 5. The Kier molecular flexibility index (Phi) is 6.55. The second-order valence-electron chi connectivity index (χ2n) is 9.48. The molecule has 0 radical (unpaired) electrons. The summed E-state index contributed by atoms with van der Waals surface area (Å²) in [4.78, 5) is 33.6. The van der Waals surface area contributed by atoms with Gasteiger partial charge >= 0.3 is 0 Å². The van der Waals surface area contributed by atoms with E-state index in [9.17, 15) is 9.59 Å². The van der Waals surface area contributed by atoms with Gasteiger partial charge in [-0.05, 0) is 50.1 Å². The van der Waals surface area contributed by atoms with E-state index in [1.807, 2.05) is 74.1 Å². The number of carbonyl (C=O) groups is 1. The van der Waals surface area contributed by atoms with E-state index >= 15 is 0 Å². The van der Waals surface area contributed by atoms with E-state index in [0.717, 1.165) is 50.5 Å². The van der Waals surface area contributed by atoms with Crippen LogP contribution in [0.2, 0.25) is 0 Å². The highest BCUT2D eigenvalue weighted by Gasteiger charge is 2.31. The molecule has 5 rings (SSSR count). The molecule has 0 fully saturated rings. The summed E-state index contributed by atoms with van der Waals surface area (Å²) in [7, 11) is 0. The van der Waals surface area contributed by atoms with Crippen molar-refractivity contribution in [1.29, 1.82) is 0 Å². The average Bonchev–Trinajstić information content (AvgIpc) is 3.17. The van der Waals surface area contributed by atoms with Gasteiger partial charge in [0.15, 0.2) is 5.16 Å². The molecule has 0 aliphatic carbocycles. The first kappa shape index (κ1) is 24.2. The highest BCUT2D eigenvalue weighted by molar-refractivity contribution is 8.00. The van der Waals surface area contributed by atoms with Gasteiger partial charge in [0.05, 0.1) is 16.8 Å². The van der Waals surface area contributed by atoms with Crippen molar-refractivity contribution in [2.45, 2.75) is 49.8 Å². The van der Waals surface area contributed by atoms with Crippen LogP contribution >= 0.6 is 34.9 Å². The Bertz CT molecular complexity index is 1470. The molecular formula is C27H27N3O2S3. The molecule has 0 spiro atoms. The predicted octanol–water partition coefficient (Wildman–Crippen LogP) is 6.36. The summed E-state index contributed by atoms with van der Waals surface area (Å²) in [5.74, 6) is 0.924. The number of hydrogen-bond acceptors (Lipinski definition) is 6. The van der Waals surface area contributed by atoms with Crippen molar-refractivity contribution in [2.24, 2.45) is 0 Å². The number of anilines is 1. The van der Waals surface area contributed by atoms with Crippen molar-refractivity contribution in [3.63, 3.8) is 0 Å². The molecule has 1 N–H and O–H groups in total. The summed E-state index contributed by atoms with van der Waals surface area (Å²) >= 11 is 4.83. The fraction of sp³-hybridized carbons (Fsp3) is 0.296. The summed E-state index contributed by atoms with van der Waals surface area (Å²) in [6.07, 6.45) is 0.850. The molecule has 2 aromatic heterocycles. The molecule has 0 saturated carbocycles. The Balaban J connectivity index is 1.53. The lowest BCUT2D eigenvalue weighted by atomic mass is 10.00. The number of nitrogens with zero attached hydrogens (tertiary/aromatic N) is 2. The maximum absolute atomic E-state index is 14.0. The van der Waals surface area contributed by atoms with Crippen molar-refractivity contribution in [3.8, 4) is 5.69 Å². The maximum Gasteiger partial charge on any atom is 0.267 e. The van der Waals surface area contributed by atoms with Gasteiger partial charge in [0.25, 0.3) is 5.56 Å². The van der Waals surface area contributed by atoms with Crippen LogP contribution in [0.25, 0.3) is 15.9 Å². The number of aryl methyl sites for hydroxylation is 2. The van der Waals surface area contributed by atoms with Crippen LogP contribution in [0.1, 0.15) is 35.4 Å². The van der Waals surface area contributed by atoms with E-state index < -0.39 is 0 Å². The molecule has 2 aromatic carbocycles. The Hall–Kier alpha value is -2.55. The topological polar surface area (TPSA) is 64.0 Å². The number of benzene rings is 2. The molecule has 1 amide bonds. The van der Waals surface area contributed by atoms with Gasteiger partial charge < -0.3 is 5.32 Å². The van der Waals surface area contributed by atoms with Crippen molar-refractivity contribution < 1.29 is 4.79 Å². The van der Waals surface area contributed by atoms with Gasteiger partial charge in [-0.1, -0.05) is 61.0 Å². The molecule has 1 aliphatic heterocycles. The lowest BCUT2D eigenvalue weighted by Crippen LogP contribution is -2.26. The lowest BCUT2D eigenvalue weighted by Gasteiger charge is -2.28. The van der Waals surface area contributed by atoms with E-state index in [0.29, 0.717) is 5.16 Å². The van der Waals surface area contributed by atoms with Crippen molar-refractivity contribution in [1.82, 2.24) is 9.55 Å². The third kappa shape index (κ3) is 5.06. The van der Waals surface area contributed by atoms with Crippen molar-refractivity contribution in [3.05, 3.63) is 80.5 Å². The zero-order chi connectivity index (χ0) is 24.7. The third-order valence-electron chi connectivity index (χ3n) is 6.03. The second kappa shape index (κ2) is 9.48. The molecule has 180 valence electrons. The Labute approximate surface area is 217 Å². The number of aromatic nitrogens is 2. The van der Waals surface area contributed by atoms with Gasteiger partial charge in [0.2, 0.25) is 5.91 Å². The van der Waals surface area contributed by atoms with Crippen LogP contribution in [0, 0.1) is 13.8 Å². The molecule has 5 nitrogen and oxygen atoms in total. The van der Waals surface area contributed by atoms with Crippen LogP contribution in [-0.2, 0) is 17.0 Å². The highest BCUT2D eigenvalue weighted by atomic mass is 32.2. The van der Waals surface area contributed by atoms with Gasteiger partial charge in [-0.2, -0.15) is 0 Å². The standard InChI is InChI=1S/C27H27N3O2S3/c1-16-5-9-18(10-6-16)28-22(31)15-33-26-29-24-23(20-13-27(3,4)34-14-21(20)35-24)25(32)30(26)19-11-7-17(2)8-12-19/h5-12H,13-15H2,1-4H3,(H,28,31). The first-order valence-electron chi connectivity index (χ1n) is 11.5. The SMILES string of the molecule is Cc1ccc(NC(=O)CSc2nc3sc4c(c3c(=O)n2-c2ccc(C)cc2)CC(C)(C)SC4)cc1. The molecule has 0 unspecified atom stereocenters. The molecule has 3 heterocycles. The van der Waals surface area contributed by atoms with Gasteiger partial charge in [-0.25, -0.2) is 4.98 Å². The van der Waals surface area contributed by atoms with Gasteiger partial charge in [0, 0.05) is 21.1 Å². The summed E-state index contributed by atoms with van der Waals surface area (Å²) in [5.41, 5.74) is 4.86. The summed E-state index contributed by atoms with van der Waals surface area (Å²) in [5, 5.41) is 4.20. The highest BCUT2D eigenvalue weighted by Crippen LogP contribution is 2.44. The number of amides is 1. The molecule has 35 heavy (non-hydrogen) atoms. The summed E-state index contributed by atoms with van der Waals surface area (Å²) in [6, 6.07) is 15.6. The van der Waals surface area contributed by atoms with Crippen LogP contribution in [0.15, 0.2) is 58.5 Å². The van der Waals surface area contributed by atoms with E-state index in [-0.39, 0.29) is 22.0 Å². The van der Waals surface area contributed by atoms with Crippen molar-refractivity contribution in [2.75, 3.05) is 11.1 Å². The second-order valence-corrected chi connectivity index (χ2v) is 13.2. The van der Waals surface area contributed by atoms with E-state index in [4.69, 9.17) is 4.98 Å². The quantitative estimate of drug-likeness (QED) is 0.244. The third-order valence-corrected chi connectivity index (χ3v) is 9.64. The van der Waals surface area contributed by atoms with E-state index in [1.165, 1.54) is 16.6 Å². The van der Waals surface area contributed by atoms with Crippen LogP contribution in [0.5, 0.6) is 0 Å². The van der Waals surface area contributed by atoms with Crippen molar-refractivity contribution >= 4 is 56.7 Å². The monoisotopic (exact) mass is 521 g/mol. The normalized spacial score (nSPS) is 14.6. The largest absolute Gasteiger partial charge is 0.325 e. The zero-order valence-electron chi connectivity index (χ0n) is 20.2. The fourth-order valence-electron chi connectivity index (χ4n) is 4.16. The molecular weight excluding hydrogens is 495 g/mol. The first-order chi connectivity index (χ1) is 16.7. The fourth-order valence-corrected chi connectivity index (χ4v) is 7.35. The first-order valence-corrected chi connectivity index (χ1v) is 14.3. The lowest BCUT2D eigenvalue weighted by molar-refractivity contribution is -0.113. The van der Waals surface area contributed by atoms with Crippen LogP contribution < -0.4 is 10.9 Å². The smallest absolute Gasteiger partial charge is 0.267 e. The molecule has 8 heteroatoms. The van der Waals surface area contributed by atoms with Crippen LogP contribution in [0.4, 0.5) is 5.69 Å². The molecule has 1 aliphatic rings. The summed E-state index contributed by atoms with van der Waals surface area (Å²) < 4.78 is 1.76. The Morgan fingerprint density at radius 3 is 2.43 bits per heavy atom. The number of thiophene rings is 1. The predicted molar refractivity (Wildman–Crippen MR) is 150 cm³/mol. The van der Waals surface area contributed by atoms with Gasteiger partial charge in [0.1, 0.15) is 4.83 Å². The molecule has 4 aromatic rings. The average molecular weight is 522 g/mol. The Morgan fingerprint density at radius 2 is 1.74 bits per heavy atom. The molecule has 0 saturated heterocycles. The maximum atomic E-state index is 14.0. The molecule has 0 atom stereocenters. The zero-order valence-corrected chi connectivity index (χ0v) is 22.6. The number of thioether (sulfide) groups is 2. The van der Waals surface area contributed by atoms with Crippen LogP contribution in [0.3, 0.4) is 0 Å². The number of fused-ring (bicyclic) bond motifs is 3. The van der Waals surface area contributed by atoms with E-state index in [1.54, 1.807) is 15.9 Å². The van der Waals surface area contributed by atoms with Gasteiger partial charge in [-0.3, -0.25) is 14.2 Å². The number of carbonyl (C=O) groups excluding carboxylic acids is 1. The van der Waals surface area contributed by atoms with Crippen LogP contribution in [-0.4, -0.2) is 26.0 Å². The minimum atomic E-state index is -0.132. The minimum absolute atomic E-state index is 0.0551. The number of nitrogens with one attached hydrogen (secondary N) is 1.